The zero-order chi connectivity index (χ0) is 15.0. The second-order valence-corrected chi connectivity index (χ2v) is 5.25. The van der Waals surface area contributed by atoms with Crippen molar-refractivity contribution in [3.63, 3.8) is 0 Å². The van der Waals surface area contributed by atoms with E-state index in [4.69, 9.17) is 20.4 Å². The van der Waals surface area contributed by atoms with Crippen LogP contribution in [0.2, 0.25) is 5.22 Å². The number of fused-ring (bicyclic) bond motifs is 1. The van der Waals surface area contributed by atoms with E-state index in [1.165, 1.54) is 0 Å². The molecule has 2 heterocycles. The van der Waals surface area contributed by atoms with Crippen LogP contribution in [0.1, 0.15) is 29.3 Å². The van der Waals surface area contributed by atoms with Crippen molar-refractivity contribution < 1.29 is 13.6 Å². The van der Waals surface area contributed by atoms with Crippen molar-refractivity contribution in [1.29, 1.82) is 0 Å². The van der Waals surface area contributed by atoms with Crippen molar-refractivity contribution in [1.82, 2.24) is 4.90 Å². The van der Waals surface area contributed by atoms with Gasteiger partial charge >= 0.3 is 0 Å². The molecular formula is C16H14ClNO3. The Labute approximate surface area is 126 Å². The van der Waals surface area contributed by atoms with Crippen LogP contribution in [0.5, 0.6) is 0 Å². The van der Waals surface area contributed by atoms with E-state index in [1.54, 1.807) is 24.1 Å². The lowest BCUT2D eigenvalue weighted by atomic mass is 10.2. The predicted octanol–water partition coefficient (Wildman–Crippen LogP) is 4.51. The number of rotatable bonds is 3. The van der Waals surface area contributed by atoms with Gasteiger partial charge in [-0.2, -0.15) is 0 Å². The van der Waals surface area contributed by atoms with E-state index in [9.17, 15) is 4.79 Å². The third kappa shape index (κ3) is 2.54. The molecule has 1 amide bonds. The number of para-hydroxylation sites is 1. The fourth-order valence-corrected chi connectivity index (χ4v) is 2.32. The number of hydrogen-bond donors (Lipinski definition) is 0. The van der Waals surface area contributed by atoms with Crippen LogP contribution in [-0.4, -0.2) is 17.9 Å². The van der Waals surface area contributed by atoms with E-state index in [0.717, 1.165) is 16.7 Å². The Balaban J connectivity index is 1.86. The highest BCUT2D eigenvalue weighted by Crippen LogP contribution is 2.28. The highest BCUT2D eigenvalue weighted by molar-refractivity contribution is 6.29. The molecule has 1 aromatic carbocycles. The molecule has 21 heavy (non-hydrogen) atoms. The average Bonchev–Trinajstić information content (AvgIpc) is 3.10. The van der Waals surface area contributed by atoms with Crippen LogP contribution >= 0.6 is 11.6 Å². The van der Waals surface area contributed by atoms with Crippen LogP contribution in [0.4, 0.5) is 0 Å². The zero-order valence-corrected chi connectivity index (χ0v) is 12.4. The van der Waals surface area contributed by atoms with Crippen molar-refractivity contribution in [3.05, 3.63) is 59.2 Å². The molecule has 3 aromatic rings. The molecule has 4 nitrogen and oxygen atoms in total. The van der Waals surface area contributed by atoms with Crippen LogP contribution in [0, 0.1) is 0 Å². The second-order valence-electron chi connectivity index (χ2n) is 4.88. The fourth-order valence-electron chi connectivity index (χ4n) is 2.18. The SMILES string of the molecule is C[C@@H](c1cc2ccccc2o1)N(C)C(=O)c1ccc(Cl)o1. The van der Waals surface area contributed by atoms with Crippen LogP contribution in [0.15, 0.2) is 51.3 Å². The maximum absolute atomic E-state index is 12.3. The van der Waals surface area contributed by atoms with Crippen molar-refractivity contribution in [2.45, 2.75) is 13.0 Å². The van der Waals surface area contributed by atoms with Gasteiger partial charge in [-0.05, 0) is 42.8 Å². The number of halogens is 1. The normalized spacial score (nSPS) is 12.5. The van der Waals surface area contributed by atoms with E-state index in [1.807, 2.05) is 37.3 Å². The van der Waals surface area contributed by atoms with Gasteiger partial charge in [0.05, 0.1) is 6.04 Å². The summed E-state index contributed by atoms with van der Waals surface area (Å²) < 4.78 is 10.9. The van der Waals surface area contributed by atoms with E-state index in [0.29, 0.717) is 0 Å². The predicted molar refractivity (Wildman–Crippen MR) is 80.4 cm³/mol. The highest BCUT2D eigenvalue weighted by atomic mass is 35.5. The van der Waals surface area contributed by atoms with E-state index < -0.39 is 0 Å². The van der Waals surface area contributed by atoms with Crippen molar-refractivity contribution in [3.8, 4) is 0 Å². The number of carbonyl (C=O) groups excluding carboxylic acids is 1. The molecule has 0 aliphatic rings. The lowest BCUT2D eigenvalue weighted by molar-refractivity contribution is 0.0695. The average molecular weight is 304 g/mol. The molecular weight excluding hydrogens is 290 g/mol. The van der Waals surface area contributed by atoms with Gasteiger partial charge in [0, 0.05) is 12.4 Å². The van der Waals surface area contributed by atoms with Gasteiger partial charge in [0.15, 0.2) is 11.0 Å². The molecule has 5 heteroatoms. The summed E-state index contributed by atoms with van der Waals surface area (Å²) in [5.41, 5.74) is 0.807. The summed E-state index contributed by atoms with van der Waals surface area (Å²) in [5, 5.41) is 1.21. The lowest BCUT2D eigenvalue weighted by Crippen LogP contribution is -2.29. The van der Waals surface area contributed by atoms with Gasteiger partial charge in [0.2, 0.25) is 0 Å². The topological polar surface area (TPSA) is 46.6 Å². The molecule has 0 N–H and O–H groups in total. The molecule has 108 valence electrons. The van der Waals surface area contributed by atoms with Gasteiger partial charge in [-0.15, -0.1) is 0 Å². The molecule has 2 aromatic heterocycles. The third-order valence-corrected chi connectivity index (χ3v) is 3.74. The van der Waals surface area contributed by atoms with E-state index in [2.05, 4.69) is 0 Å². The van der Waals surface area contributed by atoms with Crippen LogP contribution in [0.25, 0.3) is 11.0 Å². The van der Waals surface area contributed by atoms with Gasteiger partial charge in [0.1, 0.15) is 11.3 Å². The van der Waals surface area contributed by atoms with Crippen molar-refractivity contribution in [2.75, 3.05) is 7.05 Å². The van der Waals surface area contributed by atoms with Gasteiger partial charge in [-0.25, -0.2) is 0 Å². The summed E-state index contributed by atoms with van der Waals surface area (Å²) in [4.78, 5) is 13.9. The zero-order valence-electron chi connectivity index (χ0n) is 11.7. The Morgan fingerprint density at radius 2 is 1.95 bits per heavy atom. The first-order valence-corrected chi connectivity index (χ1v) is 6.95. The fraction of sp³-hybridized carbons (Fsp3) is 0.188. The summed E-state index contributed by atoms with van der Waals surface area (Å²) in [7, 11) is 1.70. The standard InChI is InChI=1S/C16H14ClNO3/c1-10(14-9-11-5-3-4-6-12(11)20-14)18(2)16(19)13-7-8-15(17)21-13/h3-10H,1-2H3/t10-/m0/s1. The quantitative estimate of drug-likeness (QED) is 0.715. The lowest BCUT2D eigenvalue weighted by Gasteiger charge is -2.22. The van der Waals surface area contributed by atoms with Gasteiger partial charge in [-0.1, -0.05) is 18.2 Å². The first-order chi connectivity index (χ1) is 10.1. The molecule has 0 unspecified atom stereocenters. The first kappa shape index (κ1) is 13.8. The number of nitrogens with zero attached hydrogens (tertiary/aromatic N) is 1. The number of carbonyl (C=O) groups is 1. The molecule has 0 bridgehead atoms. The van der Waals surface area contributed by atoms with Gasteiger partial charge in [0.25, 0.3) is 5.91 Å². The van der Waals surface area contributed by atoms with Crippen LogP contribution in [0.3, 0.4) is 0 Å². The van der Waals surface area contributed by atoms with E-state index >= 15 is 0 Å². The minimum atomic E-state index is -0.241. The summed E-state index contributed by atoms with van der Waals surface area (Å²) in [6.07, 6.45) is 0. The second kappa shape index (κ2) is 5.30. The summed E-state index contributed by atoms with van der Waals surface area (Å²) in [6.45, 7) is 1.90. The largest absolute Gasteiger partial charge is 0.459 e. The van der Waals surface area contributed by atoms with Crippen molar-refractivity contribution >= 4 is 28.5 Å². The van der Waals surface area contributed by atoms with Crippen LogP contribution in [-0.2, 0) is 0 Å². The summed E-state index contributed by atoms with van der Waals surface area (Å²) >= 11 is 5.70. The van der Waals surface area contributed by atoms with Crippen molar-refractivity contribution in [2.24, 2.45) is 0 Å². The first-order valence-electron chi connectivity index (χ1n) is 6.57. The minimum Gasteiger partial charge on any atom is -0.459 e. The molecule has 0 fully saturated rings. The van der Waals surface area contributed by atoms with Crippen LogP contribution < -0.4 is 0 Å². The Bertz CT molecular complexity index is 757. The minimum absolute atomic E-state index is 0.197. The Kier molecular flexibility index (Phi) is 3.47. The Morgan fingerprint density at radius 1 is 1.19 bits per heavy atom. The molecule has 1 atom stereocenters. The number of furan rings is 2. The number of amides is 1. The molecule has 0 saturated heterocycles. The maximum atomic E-state index is 12.3. The number of benzene rings is 1. The molecule has 0 saturated carbocycles. The smallest absolute Gasteiger partial charge is 0.289 e. The monoisotopic (exact) mass is 303 g/mol. The molecule has 0 aliphatic carbocycles. The van der Waals surface area contributed by atoms with Gasteiger partial charge in [-0.3, -0.25) is 4.79 Å². The number of hydrogen-bond acceptors (Lipinski definition) is 3. The summed E-state index contributed by atoms with van der Waals surface area (Å²) in [6, 6.07) is 12.6. The molecule has 0 aliphatic heterocycles. The Hall–Kier alpha value is -2.20. The Morgan fingerprint density at radius 3 is 2.62 bits per heavy atom. The molecule has 3 rings (SSSR count). The third-order valence-electron chi connectivity index (χ3n) is 3.54. The molecule has 0 radical (unpaired) electrons. The van der Waals surface area contributed by atoms with E-state index in [-0.39, 0.29) is 22.9 Å². The maximum Gasteiger partial charge on any atom is 0.289 e. The molecule has 0 spiro atoms. The van der Waals surface area contributed by atoms with Gasteiger partial charge < -0.3 is 13.7 Å². The summed E-state index contributed by atoms with van der Waals surface area (Å²) in [5.74, 6) is 0.699. The highest BCUT2D eigenvalue weighted by Gasteiger charge is 2.23.